The van der Waals surface area contributed by atoms with Gasteiger partial charge in [0.05, 0.1) is 14.2 Å². The minimum absolute atomic E-state index is 0. The molecule has 0 N–H and O–H groups in total. The molecule has 0 fully saturated rings. The molecular formula is C16H15NNa2O4. The molecule has 7 heteroatoms. The summed E-state index contributed by atoms with van der Waals surface area (Å²) in [4.78, 5) is 0. The monoisotopic (exact) mass is 331 g/mol. The van der Waals surface area contributed by atoms with E-state index in [2.05, 4.69) is 5.16 Å². The van der Waals surface area contributed by atoms with Gasteiger partial charge in [-0.25, -0.2) is 0 Å². The smallest absolute Gasteiger partial charge is 0.844 e. The van der Waals surface area contributed by atoms with Gasteiger partial charge < -0.3 is 24.9 Å². The maximum Gasteiger partial charge on any atom is 1.00 e. The standard InChI is InChI=1S/C16H16NO4.2Na/c1-20-13-7-3-11(4-8-13)15(17-19)16(18)12-5-9-14(21-2)10-6-12;;/h3-10,16,19H,1-2H3;;/q-1;2*+1/p-1/b17-15-;;. The predicted octanol–water partition coefficient (Wildman–Crippen LogP) is -3.90. The summed E-state index contributed by atoms with van der Waals surface area (Å²) in [6.45, 7) is 0. The quantitative estimate of drug-likeness (QED) is 0.319. The summed E-state index contributed by atoms with van der Waals surface area (Å²) in [6, 6.07) is 13.3. The number of benzene rings is 2. The van der Waals surface area contributed by atoms with Crippen molar-refractivity contribution in [2.45, 2.75) is 6.10 Å². The molecule has 1 atom stereocenters. The van der Waals surface area contributed by atoms with Gasteiger partial charge in [-0.1, -0.05) is 23.8 Å². The van der Waals surface area contributed by atoms with Gasteiger partial charge in [0.2, 0.25) is 0 Å². The molecule has 0 heterocycles. The van der Waals surface area contributed by atoms with E-state index in [0.29, 0.717) is 22.6 Å². The Bertz CT molecular complexity index is 615. The van der Waals surface area contributed by atoms with Crippen LogP contribution in [0.5, 0.6) is 11.5 Å². The fraction of sp³-hybridized carbons (Fsp3) is 0.188. The molecule has 0 aliphatic heterocycles. The van der Waals surface area contributed by atoms with Crippen LogP contribution in [-0.4, -0.2) is 19.9 Å². The SMILES string of the molecule is COc1ccc(/C(=N/[O-])C([O-])c2ccc(OC)cc2)cc1.[Na+].[Na+]. The van der Waals surface area contributed by atoms with Gasteiger partial charge in [-0.2, -0.15) is 0 Å². The van der Waals surface area contributed by atoms with Gasteiger partial charge in [-0.05, 0) is 42.0 Å². The van der Waals surface area contributed by atoms with Gasteiger partial charge >= 0.3 is 59.1 Å². The molecule has 2 aromatic rings. The molecule has 5 nitrogen and oxygen atoms in total. The number of nitrogens with zero attached hydrogens (tertiary/aromatic N) is 1. The molecule has 0 radical (unpaired) electrons. The molecule has 0 bridgehead atoms. The molecule has 23 heavy (non-hydrogen) atoms. The molecular weight excluding hydrogens is 316 g/mol. The summed E-state index contributed by atoms with van der Waals surface area (Å²) in [6.07, 6.45) is -1.35. The van der Waals surface area contributed by atoms with Crippen molar-refractivity contribution >= 4 is 5.71 Å². The Hall–Kier alpha value is -0.530. The average Bonchev–Trinajstić information content (AvgIpc) is 2.56. The van der Waals surface area contributed by atoms with E-state index < -0.39 is 6.10 Å². The van der Waals surface area contributed by atoms with Crippen molar-refractivity contribution in [3.63, 3.8) is 0 Å². The molecule has 0 aliphatic carbocycles. The molecule has 0 aliphatic rings. The molecule has 0 saturated carbocycles. The zero-order chi connectivity index (χ0) is 15.2. The van der Waals surface area contributed by atoms with E-state index in [1.54, 1.807) is 62.8 Å². The van der Waals surface area contributed by atoms with Crippen LogP contribution >= 0.6 is 0 Å². The summed E-state index contributed by atoms with van der Waals surface area (Å²) >= 11 is 0. The number of rotatable bonds is 5. The van der Waals surface area contributed by atoms with Gasteiger partial charge in [-0.3, -0.25) is 0 Å². The van der Waals surface area contributed by atoms with Gasteiger partial charge in [0.15, 0.2) is 0 Å². The molecule has 0 aromatic heterocycles. The fourth-order valence-electron chi connectivity index (χ4n) is 1.95. The van der Waals surface area contributed by atoms with Crippen LogP contribution in [0.4, 0.5) is 0 Å². The van der Waals surface area contributed by atoms with E-state index in [9.17, 15) is 10.3 Å². The zero-order valence-corrected chi connectivity index (χ0v) is 17.8. The summed E-state index contributed by atoms with van der Waals surface area (Å²) in [7, 11) is 3.09. The van der Waals surface area contributed by atoms with Crippen LogP contribution in [0, 0.1) is 5.21 Å². The molecule has 0 saturated heterocycles. The number of methoxy groups -OCH3 is 2. The van der Waals surface area contributed by atoms with E-state index in [4.69, 9.17) is 9.47 Å². The Labute approximate surface area is 179 Å². The van der Waals surface area contributed by atoms with Crippen molar-refractivity contribution < 1.29 is 73.7 Å². The Kier molecular flexibility index (Phi) is 10.8. The summed E-state index contributed by atoms with van der Waals surface area (Å²) in [5, 5.41) is 26.4. The number of hydrogen-bond acceptors (Lipinski definition) is 5. The predicted molar refractivity (Wildman–Crippen MR) is 78.6 cm³/mol. The Balaban J connectivity index is 0.00000242. The van der Waals surface area contributed by atoms with Gasteiger partial charge in [0, 0.05) is 5.71 Å². The van der Waals surface area contributed by atoms with E-state index in [1.807, 2.05) is 0 Å². The van der Waals surface area contributed by atoms with Crippen molar-refractivity contribution in [2.24, 2.45) is 5.16 Å². The largest absolute Gasteiger partial charge is 1.00 e. The first kappa shape index (κ1) is 22.5. The fourth-order valence-corrected chi connectivity index (χ4v) is 1.95. The van der Waals surface area contributed by atoms with Crippen LogP contribution < -0.4 is 73.7 Å². The van der Waals surface area contributed by atoms with E-state index in [0.717, 1.165) is 0 Å². The summed E-state index contributed by atoms with van der Waals surface area (Å²) < 4.78 is 10.1. The van der Waals surface area contributed by atoms with Crippen LogP contribution in [0.15, 0.2) is 53.7 Å². The van der Waals surface area contributed by atoms with Gasteiger partial charge in [0.25, 0.3) is 0 Å². The maximum atomic E-state index is 12.4. The average molecular weight is 331 g/mol. The van der Waals surface area contributed by atoms with E-state index >= 15 is 0 Å². The van der Waals surface area contributed by atoms with Crippen molar-refractivity contribution in [1.82, 2.24) is 0 Å². The van der Waals surface area contributed by atoms with Crippen LogP contribution in [-0.2, 0) is 0 Å². The Morgan fingerprint density at radius 2 is 1.30 bits per heavy atom. The normalized spacial score (nSPS) is 11.7. The molecule has 2 aromatic carbocycles. The second-order valence-electron chi connectivity index (χ2n) is 4.36. The topological polar surface area (TPSA) is 76.9 Å². The zero-order valence-electron chi connectivity index (χ0n) is 13.8. The van der Waals surface area contributed by atoms with Gasteiger partial charge in [0.1, 0.15) is 11.5 Å². The van der Waals surface area contributed by atoms with Crippen molar-refractivity contribution in [3.05, 3.63) is 64.9 Å². The minimum atomic E-state index is -1.35. The Morgan fingerprint density at radius 1 is 0.870 bits per heavy atom. The third-order valence-corrected chi connectivity index (χ3v) is 3.15. The van der Waals surface area contributed by atoms with E-state index in [1.165, 1.54) is 0 Å². The van der Waals surface area contributed by atoms with Crippen molar-refractivity contribution in [3.8, 4) is 11.5 Å². The second-order valence-corrected chi connectivity index (χ2v) is 4.36. The first-order chi connectivity index (χ1) is 10.2. The molecule has 0 spiro atoms. The molecule has 110 valence electrons. The first-order valence-corrected chi connectivity index (χ1v) is 6.34. The molecule has 2 rings (SSSR count). The van der Waals surface area contributed by atoms with Gasteiger partial charge in [-0.15, -0.1) is 0 Å². The summed E-state index contributed by atoms with van der Waals surface area (Å²) in [5.41, 5.74) is 0.894. The maximum absolute atomic E-state index is 12.4. The second kappa shape index (κ2) is 11.1. The van der Waals surface area contributed by atoms with Crippen LogP contribution in [0.25, 0.3) is 0 Å². The molecule has 0 amide bonds. The number of hydrogen-bond donors (Lipinski definition) is 0. The minimum Gasteiger partial charge on any atom is -0.844 e. The van der Waals surface area contributed by atoms with Crippen molar-refractivity contribution in [2.75, 3.05) is 14.2 Å². The number of ether oxygens (including phenoxy) is 2. The third kappa shape index (κ3) is 5.80. The van der Waals surface area contributed by atoms with Crippen molar-refractivity contribution in [1.29, 1.82) is 0 Å². The van der Waals surface area contributed by atoms with E-state index in [-0.39, 0.29) is 64.8 Å². The van der Waals surface area contributed by atoms with Crippen LogP contribution in [0.2, 0.25) is 0 Å². The Morgan fingerprint density at radius 3 is 1.70 bits per heavy atom. The first-order valence-electron chi connectivity index (χ1n) is 6.34. The molecule has 1 unspecified atom stereocenters. The van der Waals surface area contributed by atoms with Crippen LogP contribution in [0.3, 0.4) is 0 Å². The summed E-state index contributed by atoms with van der Waals surface area (Å²) in [5.74, 6) is 1.30. The van der Waals surface area contributed by atoms with Crippen LogP contribution in [0.1, 0.15) is 17.2 Å². The third-order valence-electron chi connectivity index (χ3n) is 3.15.